The van der Waals surface area contributed by atoms with Crippen molar-refractivity contribution in [1.82, 2.24) is 4.40 Å². The summed E-state index contributed by atoms with van der Waals surface area (Å²) < 4.78 is 2.48. The van der Waals surface area contributed by atoms with E-state index in [4.69, 9.17) is 0 Å². The summed E-state index contributed by atoms with van der Waals surface area (Å²) in [5, 5.41) is 5.30. The minimum Gasteiger partial charge on any atom is -0.308 e. The fourth-order valence-electron chi connectivity index (χ4n) is 9.54. The van der Waals surface area contributed by atoms with Gasteiger partial charge in [-0.05, 0) is 84.8 Å². The molecule has 7 aromatic carbocycles. The van der Waals surface area contributed by atoms with Gasteiger partial charge in [0.15, 0.2) is 0 Å². The molecule has 1 heteroatoms. The molecular formula is C48H35N. The van der Waals surface area contributed by atoms with E-state index in [9.17, 15) is 0 Å². The lowest BCUT2D eigenvalue weighted by Gasteiger charge is -2.44. The Morgan fingerprint density at radius 3 is 1.53 bits per heavy atom. The van der Waals surface area contributed by atoms with Gasteiger partial charge < -0.3 is 4.40 Å². The Hall–Kier alpha value is -5.66. The standard InChI is InChI=1S/C48H35N/c1-48(2,3)30-22-19-28(20-23-30)31-24-25-32(46-44-36-14-6-4-12-34(36)43(45(31)46)35-13-5-7-15-37(35)44)29-21-26-42-40(27-29)39-17-10-16-38-33-11-8-9-18-41(33)49(42)47(38)39/h4-27,43-44H,1-3H3. The minimum absolute atomic E-state index is 0.115. The van der Waals surface area contributed by atoms with Gasteiger partial charge in [-0.1, -0.05) is 148 Å². The number of nitrogens with zero attached hydrogens (tertiary/aromatic N) is 1. The highest BCUT2D eigenvalue weighted by Gasteiger charge is 2.43. The number of para-hydroxylation sites is 2. The van der Waals surface area contributed by atoms with Crippen molar-refractivity contribution < 1.29 is 0 Å². The van der Waals surface area contributed by atoms with E-state index < -0.39 is 0 Å². The van der Waals surface area contributed by atoms with Crippen LogP contribution in [0.25, 0.3) is 60.3 Å². The third-order valence-corrected chi connectivity index (χ3v) is 11.7. The van der Waals surface area contributed by atoms with E-state index in [1.807, 2.05) is 0 Å². The fraction of sp³-hybridized carbons (Fsp3) is 0.125. The van der Waals surface area contributed by atoms with Crippen LogP contribution in [0.4, 0.5) is 0 Å². The van der Waals surface area contributed by atoms with Gasteiger partial charge in [0.05, 0.1) is 16.6 Å². The lowest BCUT2D eigenvalue weighted by molar-refractivity contribution is 0.590. The second-order valence-corrected chi connectivity index (χ2v) is 15.2. The van der Waals surface area contributed by atoms with E-state index in [0.717, 1.165) is 0 Å². The number of benzene rings is 7. The van der Waals surface area contributed by atoms with Crippen LogP contribution in [0.2, 0.25) is 0 Å². The Morgan fingerprint density at radius 1 is 0.429 bits per heavy atom. The van der Waals surface area contributed by atoms with Crippen molar-refractivity contribution in [2.24, 2.45) is 0 Å². The molecule has 3 aliphatic rings. The lowest BCUT2D eigenvalue weighted by Crippen LogP contribution is -2.28. The maximum Gasteiger partial charge on any atom is 0.0620 e. The molecule has 3 aliphatic carbocycles. The molecule has 0 unspecified atom stereocenters. The van der Waals surface area contributed by atoms with E-state index in [0.29, 0.717) is 0 Å². The van der Waals surface area contributed by atoms with Crippen molar-refractivity contribution in [3.05, 3.63) is 185 Å². The van der Waals surface area contributed by atoms with E-state index in [1.54, 1.807) is 0 Å². The summed E-state index contributed by atoms with van der Waals surface area (Å²) >= 11 is 0. The first-order valence-electron chi connectivity index (χ1n) is 17.6. The van der Waals surface area contributed by atoms with E-state index in [-0.39, 0.29) is 17.3 Å². The largest absolute Gasteiger partial charge is 0.308 e. The Bertz CT molecular complexity index is 2760. The van der Waals surface area contributed by atoms with Crippen LogP contribution in [0.1, 0.15) is 71.6 Å². The topological polar surface area (TPSA) is 4.41 Å². The maximum absolute atomic E-state index is 2.48. The summed E-state index contributed by atoms with van der Waals surface area (Å²) in [5.74, 6) is 0.380. The molecule has 0 aliphatic heterocycles. The van der Waals surface area contributed by atoms with Crippen LogP contribution >= 0.6 is 0 Å². The molecule has 0 spiro atoms. The van der Waals surface area contributed by atoms with Crippen molar-refractivity contribution in [3.63, 3.8) is 0 Å². The van der Waals surface area contributed by atoms with Gasteiger partial charge in [0.25, 0.3) is 0 Å². The highest BCUT2D eigenvalue weighted by molar-refractivity contribution is 6.23. The predicted octanol–water partition coefficient (Wildman–Crippen LogP) is 12.5. The molecule has 12 rings (SSSR count). The molecule has 0 saturated carbocycles. The third kappa shape index (κ3) is 3.55. The molecule has 2 aromatic heterocycles. The van der Waals surface area contributed by atoms with Crippen molar-refractivity contribution in [2.45, 2.75) is 38.0 Å². The zero-order valence-electron chi connectivity index (χ0n) is 28.0. The minimum atomic E-state index is 0.115. The number of hydrogen-bond acceptors (Lipinski definition) is 0. The van der Waals surface area contributed by atoms with Crippen molar-refractivity contribution in [1.29, 1.82) is 0 Å². The number of aromatic nitrogens is 1. The summed E-state index contributed by atoms with van der Waals surface area (Å²) in [4.78, 5) is 0. The lowest BCUT2D eigenvalue weighted by atomic mass is 9.58. The van der Waals surface area contributed by atoms with Gasteiger partial charge in [0.2, 0.25) is 0 Å². The molecule has 2 heterocycles. The highest BCUT2D eigenvalue weighted by atomic mass is 14.9. The van der Waals surface area contributed by atoms with Gasteiger partial charge in [0.1, 0.15) is 0 Å². The van der Waals surface area contributed by atoms with Crippen LogP contribution in [0.15, 0.2) is 146 Å². The first kappa shape index (κ1) is 27.3. The number of hydrogen-bond donors (Lipinski definition) is 0. The molecule has 0 radical (unpaired) electrons. The molecule has 49 heavy (non-hydrogen) atoms. The van der Waals surface area contributed by atoms with Crippen molar-refractivity contribution in [2.75, 3.05) is 0 Å². The van der Waals surface area contributed by atoms with Crippen LogP contribution in [0.5, 0.6) is 0 Å². The molecule has 0 N–H and O–H groups in total. The van der Waals surface area contributed by atoms with Gasteiger partial charge in [-0.25, -0.2) is 0 Å². The number of fused-ring (bicyclic) bond motifs is 6. The summed E-state index contributed by atoms with van der Waals surface area (Å²) in [5.41, 5.74) is 19.4. The van der Waals surface area contributed by atoms with Gasteiger partial charge in [-0.3, -0.25) is 0 Å². The zero-order chi connectivity index (χ0) is 32.6. The molecule has 0 amide bonds. The Balaban J connectivity index is 1.20. The summed E-state index contributed by atoms with van der Waals surface area (Å²) in [6.45, 7) is 6.88. The Labute approximate surface area is 286 Å². The predicted molar refractivity (Wildman–Crippen MR) is 205 cm³/mol. The molecule has 9 aromatic rings. The first-order valence-corrected chi connectivity index (χ1v) is 17.6. The molecule has 0 saturated heterocycles. The number of rotatable bonds is 2. The van der Waals surface area contributed by atoms with Crippen molar-refractivity contribution >= 4 is 38.1 Å². The second kappa shape index (κ2) is 9.49. The van der Waals surface area contributed by atoms with Gasteiger partial charge >= 0.3 is 0 Å². The first-order chi connectivity index (χ1) is 24.0. The maximum atomic E-state index is 2.48. The molecule has 2 bridgehead atoms. The smallest absolute Gasteiger partial charge is 0.0620 e. The Morgan fingerprint density at radius 2 is 0.918 bits per heavy atom. The molecular weight excluding hydrogens is 591 g/mol. The van der Waals surface area contributed by atoms with Crippen LogP contribution in [0.3, 0.4) is 0 Å². The van der Waals surface area contributed by atoms with Crippen LogP contribution in [0, 0.1) is 0 Å². The van der Waals surface area contributed by atoms with E-state index >= 15 is 0 Å². The molecule has 0 fully saturated rings. The van der Waals surface area contributed by atoms with Crippen molar-refractivity contribution in [3.8, 4) is 22.3 Å². The summed E-state index contributed by atoms with van der Waals surface area (Å²) in [6.07, 6.45) is 0. The quantitative estimate of drug-likeness (QED) is 0.180. The zero-order valence-corrected chi connectivity index (χ0v) is 28.0. The van der Waals surface area contributed by atoms with Gasteiger partial charge in [-0.15, -0.1) is 0 Å². The average molecular weight is 626 g/mol. The summed E-state index contributed by atoms with van der Waals surface area (Å²) in [6, 6.07) is 55.5. The van der Waals surface area contributed by atoms with E-state index in [2.05, 4.69) is 171 Å². The van der Waals surface area contributed by atoms with Gasteiger partial charge in [0, 0.05) is 33.4 Å². The monoisotopic (exact) mass is 625 g/mol. The highest BCUT2D eigenvalue weighted by Crippen LogP contribution is 2.60. The SMILES string of the molecule is CC(C)(C)c1ccc(-c2ccc(-c3ccc4c(c3)c3cccc5c6ccccc6n4c53)c3c2C2c4ccccc4C3c3ccccc32)cc1. The third-order valence-electron chi connectivity index (χ3n) is 11.7. The average Bonchev–Trinajstić information content (AvgIpc) is 3.66. The van der Waals surface area contributed by atoms with Crippen LogP contribution < -0.4 is 0 Å². The Kier molecular flexibility index (Phi) is 5.29. The van der Waals surface area contributed by atoms with Crippen LogP contribution in [-0.4, -0.2) is 4.40 Å². The van der Waals surface area contributed by atoms with E-state index in [1.165, 1.54) is 99.3 Å². The normalized spacial score (nSPS) is 16.5. The molecule has 232 valence electrons. The molecule has 1 nitrogen and oxygen atoms in total. The van der Waals surface area contributed by atoms with Gasteiger partial charge in [-0.2, -0.15) is 0 Å². The van der Waals surface area contributed by atoms with Crippen LogP contribution in [-0.2, 0) is 5.41 Å². The second-order valence-electron chi connectivity index (χ2n) is 15.2. The summed E-state index contributed by atoms with van der Waals surface area (Å²) in [7, 11) is 0. The fourth-order valence-corrected chi connectivity index (χ4v) is 9.54. The molecule has 0 atom stereocenters.